The number of amides is 8. The van der Waals surface area contributed by atoms with Crippen molar-refractivity contribution in [3.63, 3.8) is 0 Å². The molecule has 0 fully saturated rings. The second-order valence-electron chi connectivity index (χ2n) is 17.4. The van der Waals surface area contributed by atoms with Crippen molar-refractivity contribution in [3.8, 4) is 0 Å². The minimum atomic E-state index is -1.56. The van der Waals surface area contributed by atoms with Crippen LogP contribution in [0.4, 0.5) is 0 Å². The second kappa shape index (κ2) is 39.6. The molecule has 33 heteroatoms. The molecule has 0 aromatic heterocycles. The average Bonchev–Trinajstić information content (AvgIpc) is 3.34. The maximum absolute atomic E-state index is 14.3. The molecule has 0 saturated carbocycles. The fourth-order valence-electron chi connectivity index (χ4n) is 7.04. The van der Waals surface area contributed by atoms with Gasteiger partial charge in [-0.15, -0.1) is 0 Å². The molecule has 0 bridgehead atoms. The van der Waals surface area contributed by atoms with Crippen molar-refractivity contribution >= 4 is 77.1 Å². The number of aliphatic carboxylic acids is 1. The number of primary amides is 1. The summed E-state index contributed by atoms with van der Waals surface area (Å²) < 4.78 is 0. The quantitative estimate of drug-likeness (QED) is 0.0153. The van der Waals surface area contributed by atoms with Crippen LogP contribution in [-0.4, -0.2) is 170 Å². The maximum atomic E-state index is 14.3. The van der Waals surface area contributed by atoms with E-state index in [-0.39, 0.29) is 134 Å². The highest BCUT2D eigenvalue weighted by Gasteiger charge is 2.34. The zero-order chi connectivity index (χ0) is 57.6. The highest BCUT2D eigenvalue weighted by molar-refractivity contribution is 5.97. The van der Waals surface area contributed by atoms with Crippen LogP contribution < -0.4 is 106 Å². The molecular formula is C43H85N23O10. The molecule has 0 rings (SSSR count). The van der Waals surface area contributed by atoms with Crippen LogP contribution >= 0.6 is 0 Å². The third-order valence-corrected chi connectivity index (χ3v) is 11.0. The van der Waals surface area contributed by atoms with E-state index in [1.165, 1.54) is 0 Å². The first-order valence-corrected chi connectivity index (χ1v) is 24.9. The summed E-state index contributed by atoms with van der Waals surface area (Å²) in [6, 6.07) is -9.71. The summed E-state index contributed by atoms with van der Waals surface area (Å²) in [6.07, 6.45) is 1.01. The largest absolute Gasteiger partial charge is 0.480 e. The van der Waals surface area contributed by atoms with E-state index in [0.717, 1.165) is 0 Å². The Morgan fingerprint density at radius 1 is 0.342 bits per heavy atom. The number of guanidine groups is 4. The van der Waals surface area contributed by atoms with Crippen LogP contribution in [0.15, 0.2) is 20.0 Å². The number of carboxylic acid groups (broad SMARTS) is 1. The number of hydrogen-bond acceptors (Lipinski definition) is 16. The Hall–Kier alpha value is -7.81. The molecule has 0 aromatic carbocycles. The summed E-state index contributed by atoms with van der Waals surface area (Å²) in [6.45, 7) is 0.210. The summed E-state index contributed by atoms with van der Waals surface area (Å²) in [5.74, 6) is -9.11. The minimum Gasteiger partial charge on any atom is -0.480 e. The van der Waals surface area contributed by atoms with E-state index in [1.807, 2.05) is 0 Å². The Labute approximate surface area is 441 Å². The van der Waals surface area contributed by atoms with Crippen LogP contribution in [0, 0.1) is 0 Å². The minimum absolute atomic E-state index is 0.00410. The van der Waals surface area contributed by atoms with Gasteiger partial charge in [-0.2, -0.15) is 0 Å². The lowest BCUT2D eigenvalue weighted by molar-refractivity contribution is -0.142. The van der Waals surface area contributed by atoms with Gasteiger partial charge >= 0.3 is 5.97 Å². The van der Waals surface area contributed by atoms with Crippen molar-refractivity contribution in [1.82, 2.24) is 37.2 Å². The molecule has 0 radical (unpaired) electrons. The Bertz CT molecular complexity index is 1970. The molecular weight excluding hydrogens is 999 g/mol. The predicted octanol–water partition coefficient (Wildman–Crippen LogP) is -8.84. The van der Waals surface area contributed by atoms with Gasteiger partial charge in [0.05, 0.1) is 6.54 Å². The van der Waals surface area contributed by atoms with Gasteiger partial charge in [0.2, 0.25) is 47.3 Å². The van der Waals surface area contributed by atoms with E-state index in [9.17, 15) is 48.3 Å². The van der Waals surface area contributed by atoms with Crippen molar-refractivity contribution in [1.29, 1.82) is 0 Å². The number of nitrogens with zero attached hydrogens (tertiary/aromatic N) is 4. The molecule has 7 atom stereocenters. The standard InChI is InChI=1S/C43H85N23O10/c44-17-3-1-9-25(61-33(69)24(60-32(68)23-46)11-5-19-56-40(48)49)34(70)62-26(10-2-4-18-45)35(71)63-27(12-6-20-57-41(50)51)36(72)64-28(13-7-21-58-42(52)53)37(73)65-29(15-16-31(47)67)38(74)66-30(39(75)76)14-8-22-59-43(54)55/h24-30H,1-23,44-46H2,(H2,47,67)(H,60,68)(H,61,69)(H,62,70)(H,63,71)(H,64,72)(H,65,73)(H,66,74)(H,75,76)(H4,48,49,56)(H4,50,51,57)(H4,52,53,58)(H4,54,55,59)/t24-,25-,26-,27-,28-,29-,30-/m0/s1. The molecule has 432 valence electrons. The van der Waals surface area contributed by atoms with Gasteiger partial charge in [-0.1, -0.05) is 0 Å². The Morgan fingerprint density at radius 2 is 0.592 bits per heavy atom. The van der Waals surface area contributed by atoms with E-state index in [2.05, 4.69) is 57.2 Å². The van der Waals surface area contributed by atoms with Crippen molar-refractivity contribution in [2.75, 3.05) is 45.8 Å². The number of unbranched alkanes of at least 4 members (excludes halogenated alkanes) is 2. The second-order valence-corrected chi connectivity index (χ2v) is 17.4. The number of carbonyl (C=O) groups is 9. The maximum Gasteiger partial charge on any atom is 0.326 e. The van der Waals surface area contributed by atoms with E-state index in [1.54, 1.807) is 0 Å². The highest BCUT2D eigenvalue weighted by atomic mass is 16.4. The van der Waals surface area contributed by atoms with E-state index >= 15 is 0 Å². The van der Waals surface area contributed by atoms with Crippen LogP contribution in [0.5, 0.6) is 0 Å². The molecule has 0 unspecified atom stereocenters. The number of carbonyl (C=O) groups excluding carboxylic acids is 8. The highest BCUT2D eigenvalue weighted by Crippen LogP contribution is 2.11. The van der Waals surface area contributed by atoms with E-state index < -0.39 is 108 Å². The fraction of sp³-hybridized carbons (Fsp3) is 0.698. The molecule has 8 amide bonds. The number of nitrogens with one attached hydrogen (secondary N) is 7. The molecule has 0 heterocycles. The van der Waals surface area contributed by atoms with Gasteiger partial charge in [0.1, 0.15) is 42.3 Å². The first kappa shape index (κ1) is 68.2. The van der Waals surface area contributed by atoms with Crippen molar-refractivity contribution < 1.29 is 48.3 Å². The smallest absolute Gasteiger partial charge is 0.326 e. The number of hydrogen-bond donors (Lipinski definition) is 20. The molecule has 0 aliphatic carbocycles. The van der Waals surface area contributed by atoms with Crippen LogP contribution in [0.1, 0.15) is 103 Å². The van der Waals surface area contributed by atoms with Gasteiger partial charge in [-0.25, -0.2) is 4.79 Å². The van der Waals surface area contributed by atoms with E-state index in [4.69, 9.17) is 68.8 Å². The lowest BCUT2D eigenvalue weighted by Crippen LogP contribution is -2.60. The normalized spacial score (nSPS) is 13.5. The lowest BCUT2D eigenvalue weighted by Gasteiger charge is -2.28. The molecule has 76 heavy (non-hydrogen) atoms. The molecule has 0 aliphatic heterocycles. The number of nitrogens with two attached hydrogens (primary N) is 12. The SMILES string of the molecule is NCCCC[C@H](NC(=O)[C@H](CCCN=C(N)N)NC(=O)CN)C(=O)N[C@@H](CCCCN)C(=O)N[C@@H](CCCN=C(N)N)C(=O)N[C@@H](CCCN=C(N)N)C(=O)N[C@@H](CCC(N)=O)C(=O)N[C@@H](CCCN=C(N)N)C(=O)O. The van der Waals surface area contributed by atoms with Crippen LogP contribution in [-0.2, 0) is 43.2 Å². The summed E-state index contributed by atoms with van der Waals surface area (Å²) in [4.78, 5) is 136. The van der Waals surface area contributed by atoms with Gasteiger partial charge in [-0.3, -0.25) is 58.3 Å². The van der Waals surface area contributed by atoms with Crippen LogP contribution in [0.25, 0.3) is 0 Å². The monoisotopic (exact) mass is 1080 g/mol. The van der Waals surface area contributed by atoms with Gasteiger partial charge in [0, 0.05) is 32.6 Å². The van der Waals surface area contributed by atoms with Gasteiger partial charge < -0.3 is 111 Å². The topological polar surface area (TPSA) is 620 Å². The number of aliphatic imine (C=N–C) groups is 4. The summed E-state index contributed by atoms with van der Waals surface area (Å²) >= 11 is 0. The third-order valence-electron chi connectivity index (χ3n) is 11.0. The van der Waals surface area contributed by atoms with Gasteiger partial charge in [-0.05, 0) is 109 Å². The predicted molar refractivity (Wildman–Crippen MR) is 284 cm³/mol. The van der Waals surface area contributed by atoms with Crippen molar-refractivity contribution in [2.24, 2.45) is 88.8 Å². The van der Waals surface area contributed by atoms with Crippen molar-refractivity contribution in [3.05, 3.63) is 0 Å². The molecule has 0 aliphatic rings. The first-order valence-electron chi connectivity index (χ1n) is 24.9. The fourth-order valence-corrected chi connectivity index (χ4v) is 7.04. The third kappa shape index (κ3) is 32.4. The van der Waals surface area contributed by atoms with Gasteiger partial charge in [0.15, 0.2) is 23.8 Å². The molecule has 32 N–H and O–H groups in total. The molecule has 0 spiro atoms. The molecule has 0 aromatic rings. The first-order chi connectivity index (χ1) is 35.9. The average molecular weight is 1080 g/mol. The number of rotatable bonds is 42. The zero-order valence-electron chi connectivity index (χ0n) is 43.1. The zero-order valence-corrected chi connectivity index (χ0v) is 43.1. The lowest BCUT2D eigenvalue weighted by atomic mass is 10.0. The Balaban J connectivity index is 7.03. The molecule has 33 nitrogen and oxygen atoms in total. The van der Waals surface area contributed by atoms with Crippen LogP contribution in [0.2, 0.25) is 0 Å². The summed E-state index contributed by atoms with van der Waals surface area (Å²) in [7, 11) is 0. The van der Waals surface area contributed by atoms with Crippen molar-refractivity contribution in [2.45, 2.75) is 145 Å². The number of carboxylic acids is 1. The van der Waals surface area contributed by atoms with Gasteiger partial charge in [0.25, 0.3) is 0 Å². The Kier molecular flexibility index (Phi) is 35.6. The Morgan fingerprint density at radius 3 is 0.842 bits per heavy atom. The molecule has 0 saturated heterocycles. The van der Waals surface area contributed by atoms with E-state index in [0.29, 0.717) is 25.7 Å². The summed E-state index contributed by atoms with van der Waals surface area (Å²) in [5.41, 5.74) is 65.8. The van der Waals surface area contributed by atoms with Crippen LogP contribution in [0.3, 0.4) is 0 Å². The summed E-state index contributed by atoms with van der Waals surface area (Å²) in [5, 5.41) is 27.8.